The van der Waals surface area contributed by atoms with Gasteiger partial charge in [-0.05, 0) is 37.6 Å². The fraction of sp³-hybridized carbons (Fsp3) is 1.00. The molecular formula is C13H26N2S. The topological polar surface area (TPSA) is 15.3 Å². The smallest absolute Gasteiger partial charge is 0.0220 e. The first kappa shape index (κ1) is 12.7. The molecule has 0 aliphatic carbocycles. The molecule has 0 bridgehead atoms. The van der Waals surface area contributed by atoms with Crippen LogP contribution in [-0.2, 0) is 0 Å². The summed E-state index contributed by atoms with van der Waals surface area (Å²) in [5.74, 6) is 3.56. The van der Waals surface area contributed by atoms with Gasteiger partial charge in [0.1, 0.15) is 0 Å². The van der Waals surface area contributed by atoms with Gasteiger partial charge in [-0.15, -0.1) is 0 Å². The van der Waals surface area contributed by atoms with Crippen LogP contribution in [0.3, 0.4) is 0 Å². The summed E-state index contributed by atoms with van der Waals surface area (Å²) in [6.07, 6.45) is 4.04. The van der Waals surface area contributed by atoms with Gasteiger partial charge >= 0.3 is 0 Å². The van der Waals surface area contributed by atoms with E-state index in [1.54, 1.807) is 0 Å². The zero-order chi connectivity index (χ0) is 11.4. The Hall–Kier alpha value is 0.270. The summed E-state index contributed by atoms with van der Waals surface area (Å²) in [6.45, 7) is 8.51. The molecule has 2 saturated heterocycles. The third-order valence-corrected chi connectivity index (χ3v) is 5.36. The van der Waals surface area contributed by atoms with Gasteiger partial charge < -0.3 is 5.32 Å². The van der Waals surface area contributed by atoms with Crippen LogP contribution in [0.1, 0.15) is 33.1 Å². The maximum Gasteiger partial charge on any atom is 0.0220 e. The van der Waals surface area contributed by atoms with E-state index in [2.05, 4.69) is 35.8 Å². The predicted molar refractivity (Wildman–Crippen MR) is 73.2 cm³/mol. The highest BCUT2D eigenvalue weighted by Crippen LogP contribution is 2.24. The number of rotatable bonds is 3. The molecule has 0 amide bonds. The third-order valence-electron chi connectivity index (χ3n) is 4.21. The Bertz CT molecular complexity index is 204. The van der Waals surface area contributed by atoms with Crippen LogP contribution in [0.5, 0.6) is 0 Å². The quantitative estimate of drug-likeness (QED) is 0.817. The van der Waals surface area contributed by atoms with E-state index in [1.807, 2.05) is 0 Å². The molecule has 16 heavy (non-hydrogen) atoms. The van der Waals surface area contributed by atoms with E-state index < -0.39 is 0 Å². The van der Waals surface area contributed by atoms with Crippen molar-refractivity contribution in [3.8, 4) is 0 Å². The van der Waals surface area contributed by atoms with Gasteiger partial charge in [0, 0.05) is 24.4 Å². The Morgan fingerprint density at radius 2 is 2.38 bits per heavy atom. The summed E-state index contributed by atoms with van der Waals surface area (Å²) < 4.78 is 0. The maximum absolute atomic E-state index is 3.74. The van der Waals surface area contributed by atoms with Gasteiger partial charge in [0.2, 0.25) is 0 Å². The van der Waals surface area contributed by atoms with E-state index >= 15 is 0 Å². The Morgan fingerprint density at radius 1 is 1.50 bits per heavy atom. The SMILES string of the molecule is CCC(C)C1CN(C2CCSC2)CCCN1. The Labute approximate surface area is 105 Å². The minimum absolute atomic E-state index is 0.720. The van der Waals surface area contributed by atoms with Crippen LogP contribution < -0.4 is 5.32 Å². The normalized spacial score (nSPS) is 34.9. The average Bonchev–Trinajstić information content (AvgIpc) is 2.73. The van der Waals surface area contributed by atoms with E-state index in [1.165, 1.54) is 50.4 Å². The van der Waals surface area contributed by atoms with Crippen LogP contribution in [0.25, 0.3) is 0 Å². The lowest BCUT2D eigenvalue weighted by Crippen LogP contribution is -2.45. The van der Waals surface area contributed by atoms with Crippen LogP contribution in [0.2, 0.25) is 0 Å². The first-order valence-corrected chi connectivity index (χ1v) is 8.02. The lowest BCUT2D eigenvalue weighted by atomic mass is 9.98. The second-order valence-electron chi connectivity index (χ2n) is 5.31. The molecule has 2 nitrogen and oxygen atoms in total. The van der Waals surface area contributed by atoms with Crippen molar-refractivity contribution in [3.63, 3.8) is 0 Å². The van der Waals surface area contributed by atoms with Crippen molar-refractivity contribution in [1.82, 2.24) is 10.2 Å². The second-order valence-corrected chi connectivity index (χ2v) is 6.46. The van der Waals surface area contributed by atoms with Crippen molar-refractivity contribution >= 4 is 11.8 Å². The van der Waals surface area contributed by atoms with E-state index in [-0.39, 0.29) is 0 Å². The molecule has 2 rings (SSSR count). The van der Waals surface area contributed by atoms with Gasteiger partial charge in [-0.1, -0.05) is 20.3 Å². The first-order valence-electron chi connectivity index (χ1n) is 6.86. The number of thioether (sulfide) groups is 1. The molecule has 0 aromatic carbocycles. The highest BCUT2D eigenvalue weighted by atomic mass is 32.2. The predicted octanol–water partition coefficient (Wildman–Crippen LogP) is 2.20. The Kier molecular flexibility index (Phi) is 4.98. The fourth-order valence-electron chi connectivity index (χ4n) is 2.79. The Morgan fingerprint density at radius 3 is 3.06 bits per heavy atom. The number of nitrogens with one attached hydrogen (secondary N) is 1. The summed E-state index contributed by atoms with van der Waals surface area (Å²) in [7, 11) is 0. The molecule has 2 aliphatic heterocycles. The van der Waals surface area contributed by atoms with Gasteiger partial charge in [0.25, 0.3) is 0 Å². The van der Waals surface area contributed by atoms with Crippen LogP contribution in [0.15, 0.2) is 0 Å². The van der Waals surface area contributed by atoms with Crippen molar-refractivity contribution in [2.45, 2.75) is 45.2 Å². The molecule has 1 N–H and O–H groups in total. The van der Waals surface area contributed by atoms with E-state index in [9.17, 15) is 0 Å². The maximum atomic E-state index is 3.74. The number of hydrogen-bond acceptors (Lipinski definition) is 3. The molecule has 94 valence electrons. The summed E-state index contributed by atoms with van der Waals surface area (Å²) in [5.41, 5.74) is 0. The molecule has 0 aromatic rings. The summed E-state index contributed by atoms with van der Waals surface area (Å²) >= 11 is 2.14. The highest BCUT2D eigenvalue weighted by molar-refractivity contribution is 7.99. The van der Waals surface area contributed by atoms with E-state index in [0.29, 0.717) is 0 Å². The van der Waals surface area contributed by atoms with Crippen LogP contribution in [0, 0.1) is 5.92 Å². The third kappa shape index (κ3) is 3.14. The molecule has 2 heterocycles. The van der Waals surface area contributed by atoms with E-state index in [4.69, 9.17) is 0 Å². The van der Waals surface area contributed by atoms with Crippen LogP contribution in [-0.4, -0.2) is 48.1 Å². The van der Waals surface area contributed by atoms with Gasteiger partial charge in [-0.2, -0.15) is 11.8 Å². The summed E-state index contributed by atoms with van der Waals surface area (Å²) in [4.78, 5) is 2.76. The molecule has 0 aromatic heterocycles. The zero-order valence-electron chi connectivity index (χ0n) is 10.7. The summed E-state index contributed by atoms with van der Waals surface area (Å²) in [5, 5.41) is 3.74. The summed E-state index contributed by atoms with van der Waals surface area (Å²) in [6, 6.07) is 1.59. The molecule has 2 aliphatic rings. The molecule has 0 radical (unpaired) electrons. The number of nitrogens with zero attached hydrogens (tertiary/aromatic N) is 1. The molecule has 0 saturated carbocycles. The van der Waals surface area contributed by atoms with E-state index in [0.717, 1.165) is 18.0 Å². The standard InChI is InChI=1S/C13H26N2S/c1-3-11(2)13-9-15(7-4-6-14-13)12-5-8-16-10-12/h11-14H,3-10H2,1-2H3. The fourth-order valence-corrected chi connectivity index (χ4v) is 4.04. The highest BCUT2D eigenvalue weighted by Gasteiger charge is 2.28. The molecular weight excluding hydrogens is 216 g/mol. The molecule has 3 atom stereocenters. The average molecular weight is 242 g/mol. The minimum Gasteiger partial charge on any atom is -0.312 e. The van der Waals surface area contributed by atoms with Crippen molar-refractivity contribution in [1.29, 1.82) is 0 Å². The number of hydrogen-bond donors (Lipinski definition) is 1. The van der Waals surface area contributed by atoms with Crippen molar-refractivity contribution in [2.24, 2.45) is 5.92 Å². The minimum atomic E-state index is 0.720. The van der Waals surface area contributed by atoms with Crippen molar-refractivity contribution < 1.29 is 0 Å². The molecule has 3 heteroatoms. The first-order chi connectivity index (χ1) is 7.81. The zero-order valence-corrected chi connectivity index (χ0v) is 11.6. The van der Waals surface area contributed by atoms with Crippen molar-refractivity contribution in [2.75, 3.05) is 31.1 Å². The molecule has 0 spiro atoms. The Balaban J connectivity index is 1.91. The van der Waals surface area contributed by atoms with Gasteiger partial charge in [-0.3, -0.25) is 4.90 Å². The van der Waals surface area contributed by atoms with Gasteiger partial charge in [-0.25, -0.2) is 0 Å². The monoisotopic (exact) mass is 242 g/mol. The van der Waals surface area contributed by atoms with Crippen LogP contribution >= 0.6 is 11.8 Å². The lowest BCUT2D eigenvalue weighted by Gasteiger charge is -2.31. The largest absolute Gasteiger partial charge is 0.312 e. The van der Waals surface area contributed by atoms with Crippen molar-refractivity contribution in [3.05, 3.63) is 0 Å². The van der Waals surface area contributed by atoms with Crippen LogP contribution in [0.4, 0.5) is 0 Å². The van der Waals surface area contributed by atoms with Gasteiger partial charge in [0.15, 0.2) is 0 Å². The second kappa shape index (κ2) is 6.27. The lowest BCUT2D eigenvalue weighted by molar-refractivity contribution is 0.190. The van der Waals surface area contributed by atoms with Gasteiger partial charge in [0.05, 0.1) is 0 Å². The molecule has 2 fully saturated rings. The molecule has 3 unspecified atom stereocenters.